The smallest absolute Gasteiger partial charge is 0.264 e. The summed E-state index contributed by atoms with van der Waals surface area (Å²) in [4.78, 5) is 29.0. The fourth-order valence-electron chi connectivity index (χ4n) is 4.22. The van der Waals surface area contributed by atoms with Gasteiger partial charge < -0.3 is 10.2 Å². The molecule has 2 amide bonds. The molecule has 39 heavy (non-hydrogen) atoms. The maximum absolute atomic E-state index is 14.1. The molecule has 0 heterocycles. The second-order valence-corrected chi connectivity index (χ2v) is 12.7. The van der Waals surface area contributed by atoms with Gasteiger partial charge in [-0.1, -0.05) is 61.9 Å². The molecule has 0 bridgehead atoms. The van der Waals surface area contributed by atoms with Gasteiger partial charge in [-0.05, 0) is 91.2 Å². The van der Waals surface area contributed by atoms with E-state index < -0.39 is 28.5 Å². The number of nitrogens with one attached hydrogen (secondary N) is 1. The number of carbonyl (C=O) groups is 2. The van der Waals surface area contributed by atoms with Gasteiger partial charge in [-0.2, -0.15) is 0 Å². The number of benzene rings is 3. The molecule has 9 heteroatoms. The highest BCUT2D eigenvalue weighted by atomic mass is 127. The molecule has 0 saturated carbocycles. The molecule has 3 aromatic rings. The summed E-state index contributed by atoms with van der Waals surface area (Å²) in [7, 11) is -4.07. The summed E-state index contributed by atoms with van der Waals surface area (Å²) in [5, 5.41) is 2.99. The molecule has 0 unspecified atom stereocenters. The number of sulfonamides is 1. The highest BCUT2D eigenvalue weighted by molar-refractivity contribution is 14.1. The van der Waals surface area contributed by atoms with Gasteiger partial charge in [0.1, 0.15) is 12.6 Å². The Hall–Kier alpha value is -2.92. The number of nitrogens with zero attached hydrogens (tertiary/aromatic N) is 2. The molecule has 0 spiro atoms. The van der Waals surface area contributed by atoms with Crippen LogP contribution in [0, 0.1) is 10.5 Å². The third kappa shape index (κ3) is 8.04. The Balaban J connectivity index is 2.04. The molecule has 0 aliphatic carbocycles. The summed E-state index contributed by atoms with van der Waals surface area (Å²) in [6.45, 7) is 7.45. The van der Waals surface area contributed by atoms with Crippen LogP contribution in [0.1, 0.15) is 44.7 Å². The van der Waals surface area contributed by atoms with Crippen molar-refractivity contribution in [2.75, 3.05) is 10.8 Å². The molecule has 2 atom stereocenters. The first-order chi connectivity index (χ1) is 18.6. The number of rotatable bonds is 12. The molecule has 7 nitrogen and oxygen atoms in total. The van der Waals surface area contributed by atoms with Crippen molar-refractivity contribution < 1.29 is 18.0 Å². The summed E-state index contributed by atoms with van der Waals surface area (Å²) in [5.74, 6) is -0.708. The lowest BCUT2D eigenvalue weighted by Gasteiger charge is -2.33. The van der Waals surface area contributed by atoms with Crippen molar-refractivity contribution in [1.29, 1.82) is 0 Å². The van der Waals surface area contributed by atoms with Crippen LogP contribution in [0.25, 0.3) is 0 Å². The summed E-state index contributed by atoms with van der Waals surface area (Å²) in [6.07, 6.45) is 1.14. The second kappa shape index (κ2) is 13.9. The molecular weight excluding hydrogens is 625 g/mol. The molecular formula is C30H36IN3O4S. The minimum Gasteiger partial charge on any atom is -0.352 e. The minimum atomic E-state index is -4.07. The normalized spacial score (nSPS) is 12.8. The van der Waals surface area contributed by atoms with E-state index in [0.29, 0.717) is 12.1 Å². The van der Waals surface area contributed by atoms with Gasteiger partial charge in [-0.25, -0.2) is 8.42 Å². The number of hydrogen-bond acceptors (Lipinski definition) is 4. The Morgan fingerprint density at radius 1 is 0.923 bits per heavy atom. The van der Waals surface area contributed by atoms with Crippen molar-refractivity contribution in [1.82, 2.24) is 10.2 Å². The van der Waals surface area contributed by atoms with Gasteiger partial charge in [0.05, 0.1) is 10.6 Å². The average Bonchev–Trinajstić information content (AvgIpc) is 2.92. The molecule has 0 radical (unpaired) electrons. The highest BCUT2D eigenvalue weighted by Crippen LogP contribution is 2.25. The molecule has 0 aliphatic rings. The monoisotopic (exact) mass is 661 g/mol. The zero-order valence-electron chi connectivity index (χ0n) is 22.8. The summed E-state index contributed by atoms with van der Waals surface area (Å²) in [5.41, 5.74) is 2.27. The van der Waals surface area contributed by atoms with E-state index in [1.54, 1.807) is 42.5 Å². The Morgan fingerprint density at radius 2 is 1.59 bits per heavy atom. The fraction of sp³-hybridized carbons (Fsp3) is 0.333. The van der Waals surface area contributed by atoms with E-state index in [-0.39, 0.29) is 23.4 Å². The van der Waals surface area contributed by atoms with Crippen LogP contribution in [0.2, 0.25) is 0 Å². The van der Waals surface area contributed by atoms with Crippen molar-refractivity contribution in [3.63, 3.8) is 0 Å². The van der Waals surface area contributed by atoms with Gasteiger partial charge in [0.15, 0.2) is 0 Å². The Kier molecular flexibility index (Phi) is 10.9. The number of hydrogen-bond donors (Lipinski definition) is 1. The van der Waals surface area contributed by atoms with Gasteiger partial charge in [0.2, 0.25) is 11.8 Å². The quantitative estimate of drug-likeness (QED) is 0.259. The molecule has 208 valence electrons. The van der Waals surface area contributed by atoms with E-state index >= 15 is 0 Å². The first kappa shape index (κ1) is 30.6. The van der Waals surface area contributed by atoms with Gasteiger partial charge in [0.25, 0.3) is 10.0 Å². The first-order valence-corrected chi connectivity index (χ1v) is 15.6. The maximum atomic E-state index is 14.1. The molecule has 1 N–H and O–H groups in total. The standard InChI is InChI=1S/C30H36IN3O4S/c1-5-23(4)32-30(36)28(6-2)33(20-24-12-10-11-22(3)19-24)29(35)21-34(26-17-15-25(31)16-18-26)39(37,38)27-13-8-7-9-14-27/h7-19,23,28H,5-6,20-21H2,1-4H3,(H,32,36)/t23-,28-/m0/s1. The zero-order chi connectivity index (χ0) is 28.6. The number of amides is 2. The predicted molar refractivity (Wildman–Crippen MR) is 164 cm³/mol. The van der Waals surface area contributed by atoms with E-state index in [0.717, 1.165) is 25.4 Å². The van der Waals surface area contributed by atoms with E-state index in [2.05, 4.69) is 27.9 Å². The van der Waals surface area contributed by atoms with Crippen LogP contribution in [0.5, 0.6) is 0 Å². The topological polar surface area (TPSA) is 86.8 Å². The Morgan fingerprint density at radius 3 is 2.18 bits per heavy atom. The molecule has 0 aromatic heterocycles. The third-order valence-corrected chi connectivity index (χ3v) is 9.05. The van der Waals surface area contributed by atoms with Crippen molar-refractivity contribution in [3.8, 4) is 0 Å². The third-order valence-electron chi connectivity index (χ3n) is 6.55. The SMILES string of the molecule is CC[C@H](C)NC(=O)[C@H](CC)N(Cc1cccc(C)c1)C(=O)CN(c1ccc(I)cc1)S(=O)(=O)c1ccccc1. The molecule has 3 rings (SSSR count). The number of anilines is 1. The zero-order valence-corrected chi connectivity index (χ0v) is 25.8. The molecule has 0 fully saturated rings. The van der Waals surface area contributed by atoms with E-state index in [1.165, 1.54) is 17.0 Å². The van der Waals surface area contributed by atoms with Gasteiger partial charge in [-0.3, -0.25) is 13.9 Å². The van der Waals surface area contributed by atoms with E-state index in [9.17, 15) is 18.0 Å². The summed E-state index contributed by atoms with van der Waals surface area (Å²) >= 11 is 2.15. The fourth-order valence-corrected chi connectivity index (χ4v) is 6.02. The van der Waals surface area contributed by atoms with Crippen LogP contribution in [-0.4, -0.2) is 43.8 Å². The second-order valence-electron chi connectivity index (χ2n) is 9.55. The van der Waals surface area contributed by atoms with Crippen LogP contribution in [0.4, 0.5) is 5.69 Å². The van der Waals surface area contributed by atoms with Crippen LogP contribution in [0.15, 0.2) is 83.8 Å². The number of aryl methyl sites for hydroxylation is 1. The molecule has 0 saturated heterocycles. The average molecular weight is 662 g/mol. The maximum Gasteiger partial charge on any atom is 0.264 e. The summed E-state index contributed by atoms with van der Waals surface area (Å²) < 4.78 is 29.7. The lowest BCUT2D eigenvalue weighted by molar-refractivity contribution is -0.140. The largest absolute Gasteiger partial charge is 0.352 e. The van der Waals surface area contributed by atoms with E-state index in [4.69, 9.17) is 0 Å². The molecule has 0 aliphatic heterocycles. The van der Waals surface area contributed by atoms with Gasteiger partial charge >= 0.3 is 0 Å². The predicted octanol–water partition coefficient (Wildman–Crippen LogP) is 5.52. The van der Waals surface area contributed by atoms with Gasteiger partial charge in [0, 0.05) is 16.2 Å². The van der Waals surface area contributed by atoms with Crippen LogP contribution in [0.3, 0.4) is 0 Å². The van der Waals surface area contributed by atoms with Crippen LogP contribution >= 0.6 is 22.6 Å². The first-order valence-electron chi connectivity index (χ1n) is 13.1. The van der Waals surface area contributed by atoms with Crippen LogP contribution in [-0.2, 0) is 26.2 Å². The van der Waals surface area contributed by atoms with Crippen molar-refractivity contribution in [2.45, 2.75) is 64.1 Å². The Bertz CT molecular complexity index is 1360. The lowest BCUT2D eigenvalue weighted by Crippen LogP contribution is -2.53. The highest BCUT2D eigenvalue weighted by Gasteiger charge is 2.33. The van der Waals surface area contributed by atoms with Crippen molar-refractivity contribution in [3.05, 3.63) is 93.6 Å². The lowest BCUT2D eigenvalue weighted by atomic mass is 10.1. The van der Waals surface area contributed by atoms with Gasteiger partial charge in [-0.15, -0.1) is 0 Å². The number of carbonyl (C=O) groups excluding carboxylic acids is 2. The van der Waals surface area contributed by atoms with Crippen molar-refractivity contribution >= 4 is 50.1 Å². The Labute approximate surface area is 245 Å². The molecule has 3 aromatic carbocycles. The van der Waals surface area contributed by atoms with E-state index in [1.807, 2.05) is 52.0 Å². The number of halogens is 1. The van der Waals surface area contributed by atoms with Crippen LogP contribution < -0.4 is 9.62 Å². The minimum absolute atomic E-state index is 0.0516. The van der Waals surface area contributed by atoms with Crippen molar-refractivity contribution in [2.24, 2.45) is 0 Å². The summed E-state index contributed by atoms with van der Waals surface area (Å²) in [6, 6.07) is 22.0.